The second-order valence-corrected chi connectivity index (χ2v) is 8.67. The van der Waals surface area contributed by atoms with Crippen LogP contribution in [0, 0.1) is 0 Å². The molecule has 6 heterocycles. The number of aromatic nitrogens is 5. The van der Waals surface area contributed by atoms with Crippen LogP contribution < -0.4 is 0 Å². The highest BCUT2D eigenvalue weighted by Gasteiger charge is 2.58. The summed E-state index contributed by atoms with van der Waals surface area (Å²) in [5, 5.41) is 23.8. The summed E-state index contributed by atoms with van der Waals surface area (Å²) in [6.45, 7) is 4.31. The number of nitrogens with one attached hydrogen (secondary N) is 1. The summed E-state index contributed by atoms with van der Waals surface area (Å²) < 4.78 is 14.2. The van der Waals surface area contributed by atoms with Crippen molar-refractivity contribution in [2.24, 2.45) is 0 Å². The number of hydrogen-bond acceptors (Lipinski definition) is 7. The van der Waals surface area contributed by atoms with Gasteiger partial charge in [-0.15, -0.1) is 0 Å². The van der Waals surface area contributed by atoms with Gasteiger partial charge in [0.25, 0.3) is 0 Å². The van der Waals surface area contributed by atoms with Gasteiger partial charge < -0.3 is 14.6 Å². The van der Waals surface area contributed by atoms with Gasteiger partial charge in [0.1, 0.15) is 5.60 Å². The van der Waals surface area contributed by atoms with Crippen molar-refractivity contribution < 1.29 is 14.6 Å². The van der Waals surface area contributed by atoms with Crippen LogP contribution in [0.4, 0.5) is 0 Å². The van der Waals surface area contributed by atoms with Crippen LogP contribution in [-0.4, -0.2) is 79.0 Å². The van der Waals surface area contributed by atoms with Crippen LogP contribution in [0.3, 0.4) is 0 Å². The molecule has 3 aromatic rings. The predicted octanol–water partition coefficient (Wildman–Crippen LogP) is 1.37. The van der Waals surface area contributed by atoms with Crippen molar-refractivity contribution >= 4 is 11.0 Å². The molecule has 0 saturated carbocycles. The standard InChI is InChI=1S/C21H26N6O3/c1-13-12-29-9-8-26(13)19-17(28)10-14-2-5-21(19,30-14)16-3-6-22-20-15(16)11-24-27(20)18-4-7-23-25-18/h3-4,6-7,11,13-14,17,19,28H,2,5,8-10,12H2,1H3,(H,23,25)/t13-,14?,17?,19?,21?/m1/s1. The Balaban J connectivity index is 1.51. The van der Waals surface area contributed by atoms with Gasteiger partial charge in [-0.05, 0) is 31.4 Å². The van der Waals surface area contributed by atoms with Gasteiger partial charge in [0.05, 0.1) is 43.9 Å². The number of aromatic amines is 1. The van der Waals surface area contributed by atoms with Gasteiger partial charge in [-0.1, -0.05) is 0 Å². The van der Waals surface area contributed by atoms with E-state index >= 15 is 0 Å². The first-order valence-corrected chi connectivity index (χ1v) is 10.7. The highest BCUT2D eigenvalue weighted by molar-refractivity contribution is 5.81. The first-order chi connectivity index (χ1) is 14.7. The molecular weight excluding hydrogens is 384 g/mol. The zero-order valence-corrected chi connectivity index (χ0v) is 16.9. The normalized spacial score (nSPS) is 34.6. The second kappa shape index (κ2) is 6.84. The molecule has 9 heteroatoms. The van der Waals surface area contributed by atoms with Crippen molar-refractivity contribution in [3.05, 3.63) is 36.3 Å². The SMILES string of the molecule is C[C@@H]1COCCN1C1C(O)CC2CCC1(c1ccnc3c1cnn3-c1ccn[nH]1)O2. The Morgan fingerprint density at radius 2 is 2.23 bits per heavy atom. The summed E-state index contributed by atoms with van der Waals surface area (Å²) in [6.07, 6.45) is 7.50. The van der Waals surface area contributed by atoms with Gasteiger partial charge in [-0.25, -0.2) is 4.98 Å². The molecule has 6 rings (SSSR count). The Morgan fingerprint density at radius 3 is 3.07 bits per heavy atom. The Bertz CT molecular complexity index is 1050. The van der Waals surface area contributed by atoms with Gasteiger partial charge >= 0.3 is 0 Å². The fourth-order valence-electron chi connectivity index (χ4n) is 5.72. The lowest BCUT2D eigenvalue weighted by molar-refractivity contribution is -0.196. The molecule has 3 aliphatic heterocycles. The minimum Gasteiger partial charge on any atom is -0.391 e. The maximum Gasteiger partial charge on any atom is 0.165 e. The highest BCUT2D eigenvalue weighted by atomic mass is 16.5. The monoisotopic (exact) mass is 410 g/mol. The highest BCUT2D eigenvalue weighted by Crippen LogP contribution is 2.52. The van der Waals surface area contributed by atoms with Crippen LogP contribution in [0.5, 0.6) is 0 Å². The van der Waals surface area contributed by atoms with Crippen molar-refractivity contribution in [1.29, 1.82) is 0 Å². The zero-order valence-electron chi connectivity index (χ0n) is 16.9. The van der Waals surface area contributed by atoms with E-state index < -0.39 is 11.7 Å². The van der Waals surface area contributed by atoms with Crippen LogP contribution in [-0.2, 0) is 15.1 Å². The molecule has 5 atom stereocenters. The van der Waals surface area contributed by atoms with Gasteiger partial charge in [-0.2, -0.15) is 14.9 Å². The van der Waals surface area contributed by atoms with Crippen LogP contribution in [0.2, 0.25) is 0 Å². The third kappa shape index (κ3) is 2.59. The molecule has 2 bridgehead atoms. The maximum absolute atomic E-state index is 11.3. The fourth-order valence-corrected chi connectivity index (χ4v) is 5.72. The summed E-state index contributed by atoms with van der Waals surface area (Å²) in [4.78, 5) is 6.99. The lowest BCUT2D eigenvalue weighted by Crippen LogP contribution is -2.64. The van der Waals surface area contributed by atoms with Crippen molar-refractivity contribution in [3.63, 3.8) is 0 Å². The van der Waals surface area contributed by atoms with Crippen molar-refractivity contribution in [1.82, 2.24) is 29.9 Å². The average molecular weight is 410 g/mol. The number of pyridine rings is 1. The number of ether oxygens (including phenoxy) is 2. The number of nitrogens with zero attached hydrogens (tertiary/aromatic N) is 5. The van der Waals surface area contributed by atoms with Gasteiger partial charge in [0, 0.05) is 36.7 Å². The Morgan fingerprint density at radius 1 is 1.30 bits per heavy atom. The van der Waals surface area contributed by atoms with Crippen molar-refractivity contribution in [2.45, 2.75) is 56.1 Å². The van der Waals surface area contributed by atoms with E-state index in [9.17, 15) is 5.11 Å². The van der Waals surface area contributed by atoms with Gasteiger partial charge in [0.15, 0.2) is 11.5 Å². The summed E-state index contributed by atoms with van der Waals surface area (Å²) in [5.74, 6) is 0.763. The number of fused-ring (bicyclic) bond motifs is 3. The number of aliphatic hydroxyl groups is 1. The molecule has 0 aliphatic carbocycles. The summed E-state index contributed by atoms with van der Waals surface area (Å²) in [7, 11) is 0. The molecule has 3 saturated heterocycles. The molecule has 30 heavy (non-hydrogen) atoms. The first-order valence-electron chi connectivity index (χ1n) is 10.7. The van der Waals surface area contributed by atoms with E-state index in [1.54, 1.807) is 10.9 Å². The van der Waals surface area contributed by atoms with E-state index in [4.69, 9.17) is 9.47 Å². The lowest BCUT2D eigenvalue weighted by Gasteiger charge is -2.52. The largest absolute Gasteiger partial charge is 0.391 e. The van der Waals surface area contributed by atoms with E-state index in [2.05, 4.69) is 32.1 Å². The van der Waals surface area contributed by atoms with Gasteiger partial charge in [-0.3, -0.25) is 10.00 Å². The Labute approximate surface area is 174 Å². The maximum atomic E-state index is 11.3. The number of H-pyrrole nitrogens is 1. The zero-order chi connectivity index (χ0) is 20.3. The molecule has 0 spiro atoms. The Kier molecular flexibility index (Phi) is 4.21. The summed E-state index contributed by atoms with van der Waals surface area (Å²) in [6, 6.07) is 4.00. The van der Waals surface area contributed by atoms with Crippen LogP contribution >= 0.6 is 0 Å². The molecule has 3 aromatic heterocycles. The number of hydrogen-bond donors (Lipinski definition) is 2. The van der Waals surface area contributed by atoms with E-state index in [0.29, 0.717) is 19.6 Å². The van der Waals surface area contributed by atoms with E-state index in [1.807, 2.05) is 24.5 Å². The molecule has 3 fully saturated rings. The van der Waals surface area contributed by atoms with E-state index in [1.165, 1.54) is 0 Å². The molecule has 3 aliphatic rings. The molecular formula is C21H26N6O3. The molecule has 0 amide bonds. The fraction of sp³-hybridized carbons (Fsp3) is 0.571. The van der Waals surface area contributed by atoms with Crippen molar-refractivity contribution in [3.8, 4) is 5.82 Å². The predicted molar refractivity (Wildman–Crippen MR) is 108 cm³/mol. The lowest BCUT2D eigenvalue weighted by atomic mass is 9.78. The van der Waals surface area contributed by atoms with Crippen LogP contribution in [0.15, 0.2) is 30.7 Å². The number of aliphatic hydroxyl groups excluding tert-OH is 1. The van der Waals surface area contributed by atoms with E-state index in [-0.39, 0.29) is 18.2 Å². The first kappa shape index (κ1) is 18.4. The Hall–Kier alpha value is -2.33. The number of rotatable bonds is 3. The number of morpholine rings is 1. The minimum absolute atomic E-state index is 0.0819. The second-order valence-electron chi connectivity index (χ2n) is 8.67. The smallest absolute Gasteiger partial charge is 0.165 e. The molecule has 2 N–H and O–H groups in total. The van der Waals surface area contributed by atoms with E-state index in [0.717, 1.165) is 41.8 Å². The summed E-state index contributed by atoms with van der Waals surface area (Å²) in [5.41, 5.74) is 1.23. The molecule has 9 nitrogen and oxygen atoms in total. The third-order valence-electron chi connectivity index (χ3n) is 6.98. The minimum atomic E-state index is -0.586. The van der Waals surface area contributed by atoms with Crippen molar-refractivity contribution in [2.75, 3.05) is 19.8 Å². The average Bonchev–Trinajstić information content (AvgIpc) is 3.48. The molecule has 0 radical (unpaired) electrons. The van der Waals surface area contributed by atoms with Gasteiger partial charge in [0.2, 0.25) is 0 Å². The van der Waals surface area contributed by atoms with Crippen LogP contribution in [0.1, 0.15) is 31.7 Å². The van der Waals surface area contributed by atoms with Crippen LogP contribution in [0.25, 0.3) is 16.9 Å². The molecule has 4 unspecified atom stereocenters. The quantitative estimate of drug-likeness (QED) is 0.672. The molecule has 158 valence electrons. The molecule has 0 aromatic carbocycles. The summed E-state index contributed by atoms with van der Waals surface area (Å²) >= 11 is 0. The topological polar surface area (TPSA) is 101 Å². The third-order valence-corrected chi connectivity index (χ3v) is 6.98.